The van der Waals surface area contributed by atoms with Crippen molar-refractivity contribution in [2.45, 2.75) is 19.4 Å². The highest BCUT2D eigenvalue weighted by Gasteiger charge is 2.34. The molecule has 3 nitrogen and oxygen atoms in total. The summed E-state index contributed by atoms with van der Waals surface area (Å²) in [5.41, 5.74) is 0. The first-order valence-corrected chi connectivity index (χ1v) is 5.59. The Hall–Kier alpha value is -0.510. The minimum atomic E-state index is 0.805. The van der Waals surface area contributed by atoms with Gasteiger partial charge in [-0.15, -0.1) is 0 Å². The van der Waals surface area contributed by atoms with Crippen molar-refractivity contribution in [3.8, 4) is 0 Å². The Morgan fingerprint density at radius 2 is 2.31 bits per heavy atom. The molecular formula is C9H12BrN3. The Morgan fingerprint density at radius 3 is 3.08 bits per heavy atom. The molecule has 1 aromatic heterocycles. The second-order valence-corrected chi connectivity index (χ2v) is 4.86. The highest BCUT2D eigenvalue weighted by Crippen LogP contribution is 2.40. The molecule has 2 heterocycles. The highest BCUT2D eigenvalue weighted by atomic mass is 79.9. The van der Waals surface area contributed by atoms with E-state index in [9.17, 15) is 0 Å². The molecule has 1 aliphatic heterocycles. The van der Waals surface area contributed by atoms with Gasteiger partial charge in [0.25, 0.3) is 0 Å². The van der Waals surface area contributed by atoms with Crippen molar-refractivity contribution in [3.63, 3.8) is 0 Å². The van der Waals surface area contributed by atoms with Crippen molar-refractivity contribution in [2.75, 3.05) is 11.9 Å². The zero-order valence-electron chi connectivity index (χ0n) is 7.33. The van der Waals surface area contributed by atoms with Crippen molar-refractivity contribution in [3.05, 3.63) is 10.7 Å². The molecule has 0 aromatic carbocycles. The maximum absolute atomic E-state index is 4.32. The molecule has 1 atom stereocenters. The number of anilines is 1. The van der Waals surface area contributed by atoms with Gasteiger partial charge in [0.05, 0.1) is 10.7 Å². The number of aromatic nitrogens is 2. The topological polar surface area (TPSA) is 29.9 Å². The average Bonchev–Trinajstić information content (AvgIpc) is 2.93. The number of nitrogens with zero attached hydrogens (tertiary/aromatic N) is 2. The van der Waals surface area contributed by atoms with Crippen molar-refractivity contribution in [1.82, 2.24) is 9.78 Å². The largest absolute Gasteiger partial charge is 0.369 e. The Balaban J connectivity index is 1.86. The van der Waals surface area contributed by atoms with E-state index in [0.717, 1.165) is 35.2 Å². The minimum Gasteiger partial charge on any atom is -0.369 e. The van der Waals surface area contributed by atoms with Crippen molar-refractivity contribution >= 4 is 21.7 Å². The number of rotatable bonds is 1. The molecule has 3 rings (SSSR count). The van der Waals surface area contributed by atoms with Crippen LogP contribution in [0, 0.1) is 11.8 Å². The van der Waals surface area contributed by atoms with Gasteiger partial charge in [0.1, 0.15) is 5.82 Å². The van der Waals surface area contributed by atoms with Gasteiger partial charge >= 0.3 is 0 Å². The number of nitrogens with one attached hydrogen (secondary N) is 1. The molecule has 1 saturated carbocycles. The molecular weight excluding hydrogens is 230 g/mol. The van der Waals surface area contributed by atoms with E-state index < -0.39 is 0 Å². The Morgan fingerprint density at radius 1 is 1.46 bits per heavy atom. The lowest BCUT2D eigenvalue weighted by Crippen LogP contribution is -2.29. The third-order valence-electron chi connectivity index (χ3n) is 3.02. The zero-order valence-corrected chi connectivity index (χ0v) is 8.92. The minimum absolute atomic E-state index is 0.805. The van der Waals surface area contributed by atoms with E-state index in [1.165, 1.54) is 12.8 Å². The van der Waals surface area contributed by atoms with E-state index in [2.05, 4.69) is 31.0 Å². The summed E-state index contributed by atoms with van der Waals surface area (Å²) in [5.74, 6) is 2.92. The summed E-state index contributed by atoms with van der Waals surface area (Å²) in [6.45, 7) is 2.22. The van der Waals surface area contributed by atoms with E-state index in [4.69, 9.17) is 0 Å². The third-order valence-corrected chi connectivity index (χ3v) is 3.60. The fraction of sp³-hybridized carbons (Fsp3) is 0.667. The summed E-state index contributed by atoms with van der Waals surface area (Å²) in [4.78, 5) is 0. The van der Waals surface area contributed by atoms with Gasteiger partial charge in [0, 0.05) is 13.1 Å². The van der Waals surface area contributed by atoms with Crippen LogP contribution in [0.4, 0.5) is 5.82 Å². The van der Waals surface area contributed by atoms with Crippen LogP contribution < -0.4 is 5.32 Å². The molecule has 4 heteroatoms. The molecule has 0 spiro atoms. The third kappa shape index (κ3) is 1.27. The second kappa shape index (κ2) is 2.74. The van der Waals surface area contributed by atoms with Crippen LogP contribution in [0.1, 0.15) is 12.8 Å². The van der Waals surface area contributed by atoms with Crippen LogP contribution in [-0.4, -0.2) is 16.3 Å². The lowest BCUT2D eigenvalue weighted by molar-refractivity contribution is 0.373. The fourth-order valence-corrected chi connectivity index (χ4v) is 2.51. The first kappa shape index (κ1) is 7.85. The van der Waals surface area contributed by atoms with Gasteiger partial charge < -0.3 is 5.32 Å². The molecule has 0 saturated heterocycles. The molecule has 13 heavy (non-hydrogen) atoms. The molecule has 1 unspecified atom stereocenters. The zero-order chi connectivity index (χ0) is 8.84. The lowest BCUT2D eigenvalue weighted by Gasteiger charge is -2.24. The molecule has 1 aliphatic carbocycles. The van der Waals surface area contributed by atoms with Crippen molar-refractivity contribution in [2.24, 2.45) is 11.8 Å². The first-order chi connectivity index (χ1) is 6.34. The quantitative estimate of drug-likeness (QED) is 0.817. The van der Waals surface area contributed by atoms with E-state index >= 15 is 0 Å². The summed E-state index contributed by atoms with van der Waals surface area (Å²) < 4.78 is 3.16. The molecule has 1 aromatic rings. The molecule has 70 valence electrons. The van der Waals surface area contributed by atoms with Gasteiger partial charge in [0.15, 0.2) is 0 Å². The normalized spacial score (nSPS) is 26.7. The molecule has 2 aliphatic rings. The lowest BCUT2D eigenvalue weighted by atomic mass is 10.0. The van der Waals surface area contributed by atoms with Crippen molar-refractivity contribution < 1.29 is 0 Å². The number of hydrogen-bond donors (Lipinski definition) is 1. The fourth-order valence-electron chi connectivity index (χ4n) is 2.07. The van der Waals surface area contributed by atoms with Gasteiger partial charge in [-0.1, -0.05) is 0 Å². The average molecular weight is 242 g/mol. The summed E-state index contributed by atoms with van der Waals surface area (Å²) in [5, 5.41) is 7.76. The number of fused-ring (bicyclic) bond motifs is 1. The molecule has 1 fully saturated rings. The van der Waals surface area contributed by atoms with Crippen LogP contribution in [0.5, 0.6) is 0 Å². The predicted molar refractivity (Wildman–Crippen MR) is 54.6 cm³/mol. The Labute approximate surface area is 85.6 Å². The number of hydrogen-bond acceptors (Lipinski definition) is 2. The van der Waals surface area contributed by atoms with Gasteiger partial charge in [-0.25, -0.2) is 4.68 Å². The summed E-state index contributed by atoms with van der Waals surface area (Å²) in [7, 11) is 0. The molecule has 0 amide bonds. The SMILES string of the molecule is Brc1cnn2c1NCC(C1CC1)C2. The van der Waals surface area contributed by atoms with Crippen LogP contribution in [-0.2, 0) is 6.54 Å². The standard InChI is InChI=1S/C9H12BrN3/c10-8-4-12-13-5-7(6-1-2-6)3-11-9(8)13/h4,6-7,11H,1-3,5H2. The smallest absolute Gasteiger partial charge is 0.138 e. The van der Waals surface area contributed by atoms with E-state index in [-0.39, 0.29) is 0 Å². The Bertz CT molecular complexity index is 330. The van der Waals surface area contributed by atoms with Crippen LogP contribution in [0.25, 0.3) is 0 Å². The van der Waals surface area contributed by atoms with Gasteiger partial charge in [-0.3, -0.25) is 0 Å². The van der Waals surface area contributed by atoms with Gasteiger partial charge in [0.2, 0.25) is 0 Å². The molecule has 1 N–H and O–H groups in total. The van der Waals surface area contributed by atoms with Crippen LogP contribution in [0.2, 0.25) is 0 Å². The monoisotopic (exact) mass is 241 g/mol. The molecule has 0 bridgehead atoms. The van der Waals surface area contributed by atoms with E-state index in [0.29, 0.717) is 0 Å². The van der Waals surface area contributed by atoms with Crippen molar-refractivity contribution in [1.29, 1.82) is 0 Å². The summed E-state index contributed by atoms with van der Waals surface area (Å²) >= 11 is 3.48. The van der Waals surface area contributed by atoms with Gasteiger partial charge in [-0.05, 0) is 40.6 Å². The van der Waals surface area contributed by atoms with Crippen LogP contribution >= 0.6 is 15.9 Å². The van der Waals surface area contributed by atoms with Crippen LogP contribution in [0.3, 0.4) is 0 Å². The van der Waals surface area contributed by atoms with Crippen LogP contribution in [0.15, 0.2) is 10.7 Å². The molecule has 0 radical (unpaired) electrons. The predicted octanol–water partition coefficient (Wildman–Crippen LogP) is 2.10. The maximum atomic E-state index is 4.32. The number of halogens is 1. The maximum Gasteiger partial charge on any atom is 0.138 e. The van der Waals surface area contributed by atoms with E-state index in [1.807, 2.05) is 6.20 Å². The Kier molecular flexibility index (Phi) is 1.65. The summed E-state index contributed by atoms with van der Waals surface area (Å²) in [6.07, 6.45) is 4.71. The van der Waals surface area contributed by atoms with Gasteiger partial charge in [-0.2, -0.15) is 5.10 Å². The first-order valence-electron chi connectivity index (χ1n) is 4.80. The second-order valence-electron chi connectivity index (χ2n) is 4.00. The van der Waals surface area contributed by atoms with E-state index in [1.54, 1.807) is 0 Å². The highest BCUT2D eigenvalue weighted by molar-refractivity contribution is 9.10. The summed E-state index contributed by atoms with van der Waals surface area (Å²) in [6, 6.07) is 0.